The Hall–Kier alpha value is -1.49. The zero-order valence-corrected chi connectivity index (χ0v) is 13.0. The maximum absolute atomic E-state index is 13.9. The Balaban J connectivity index is 2.38. The van der Waals surface area contributed by atoms with Crippen molar-refractivity contribution in [3.8, 4) is 17.2 Å². The second-order valence-electron chi connectivity index (χ2n) is 4.23. The average Bonchev–Trinajstić information content (AvgIpc) is 2.50. The van der Waals surface area contributed by atoms with E-state index < -0.39 is 6.30 Å². The molecule has 0 saturated heterocycles. The van der Waals surface area contributed by atoms with Crippen LogP contribution in [-0.4, -0.2) is 14.2 Å². The van der Waals surface area contributed by atoms with Crippen molar-refractivity contribution in [2.24, 2.45) is 0 Å². The predicted octanol–water partition coefficient (Wildman–Crippen LogP) is 4.98. The summed E-state index contributed by atoms with van der Waals surface area (Å²) in [4.78, 5) is 0. The van der Waals surface area contributed by atoms with Gasteiger partial charge in [0.15, 0.2) is 6.30 Å². The van der Waals surface area contributed by atoms with E-state index in [1.807, 2.05) is 0 Å². The van der Waals surface area contributed by atoms with Gasteiger partial charge in [0.25, 0.3) is 0 Å². The summed E-state index contributed by atoms with van der Waals surface area (Å²) in [6.45, 7) is 0. The lowest BCUT2D eigenvalue weighted by Crippen LogP contribution is -2.12. The molecule has 0 aliphatic heterocycles. The Labute approximate surface area is 132 Å². The van der Waals surface area contributed by atoms with Gasteiger partial charge in [-0.05, 0) is 31.3 Å². The van der Waals surface area contributed by atoms with Crippen LogP contribution in [0.25, 0.3) is 0 Å². The first-order valence-corrected chi connectivity index (χ1v) is 6.93. The third-order valence-corrected chi connectivity index (χ3v) is 3.61. The Morgan fingerprint density at radius 2 is 1.76 bits per heavy atom. The van der Waals surface area contributed by atoms with Crippen molar-refractivity contribution in [2.45, 2.75) is 6.30 Å². The fourth-order valence-electron chi connectivity index (χ4n) is 1.76. The number of hydrogen-bond acceptors (Lipinski definition) is 3. The van der Waals surface area contributed by atoms with E-state index in [0.717, 1.165) is 0 Å². The molecule has 0 aliphatic rings. The molecule has 0 fully saturated rings. The minimum atomic E-state index is -1.35. The van der Waals surface area contributed by atoms with Crippen LogP contribution in [0.3, 0.4) is 0 Å². The van der Waals surface area contributed by atoms with Gasteiger partial charge < -0.3 is 9.47 Å². The van der Waals surface area contributed by atoms with E-state index in [4.69, 9.17) is 32.7 Å². The predicted molar refractivity (Wildman–Crippen MR) is 82.4 cm³/mol. The molecule has 1 unspecified atom stereocenters. The van der Waals surface area contributed by atoms with Crippen LogP contribution in [0.15, 0.2) is 36.4 Å². The molecule has 0 amide bonds. The highest BCUT2D eigenvalue weighted by molar-refractivity contribution is 6.42. The Morgan fingerprint density at radius 1 is 1.05 bits per heavy atom. The number of nitrogens with one attached hydrogen (secondary N) is 1. The molecular weight excluding hydrogens is 316 g/mol. The van der Waals surface area contributed by atoms with Gasteiger partial charge in [-0.3, -0.25) is 5.32 Å². The quantitative estimate of drug-likeness (QED) is 0.784. The first-order chi connectivity index (χ1) is 10.0. The van der Waals surface area contributed by atoms with Crippen molar-refractivity contribution < 1.29 is 13.9 Å². The van der Waals surface area contributed by atoms with Gasteiger partial charge in [-0.1, -0.05) is 23.2 Å². The van der Waals surface area contributed by atoms with Gasteiger partial charge in [-0.15, -0.1) is 0 Å². The van der Waals surface area contributed by atoms with E-state index in [9.17, 15) is 4.39 Å². The maximum atomic E-state index is 13.9. The zero-order chi connectivity index (χ0) is 15.4. The van der Waals surface area contributed by atoms with Gasteiger partial charge in [0, 0.05) is 17.7 Å². The van der Waals surface area contributed by atoms with Crippen LogP contribution in [0, 0.1) is 0 Å². The number of halogens is 3. The lowest BCUT2D eigenvalue weighted by atomic mass is 10.1. The summed E-state index contributed by atoms with van der Waals surface area (Å²) in [5.74, 6) is 1.37. The fourth-order valence-corrected chi connectivity index (χ4v) is 2.05. The highest BCUT2D eigenvalue weighted by atomic mass is 35.5. The zero-order valence-electron chi connectivity index (χ0n) is 11.5. The molecule has 0 spiro atoms. The number of benzene rings is 2. The minimum absolute atomic E-state index is 0.342. The molecule has 112 valence electrons. The minimum Gasteiger partial charge on any atom is -0.497 e. The van der Waals surface area contributed by atoms with Gasteiger partial charge in [-0.2, -0.15) is 0 Å². The number of methoxy groups -OCH3 is 1. The summed E-state index contributed by atoms with van der Waals surface area (Å²) < 4.78 is 24.8. The summed E-state index contributed by atoms with van der Waals surface area (Å²) in [6.07, 6.45) is -1.35. The van der Waals surface area contributed by atoms with E-state index in [1.165, 1.54) is 14.2 Å². The molecule has 1 atom stereocenters. The Morgan fingerprint density at radius 3 is 2.38 bits per heavy atom. The van der Waals surface area contributed by atoms with Crippen molar-refractivity contribution in [3.05, 3.63) is 52.0 Å². The average molecular weight is 330 g/mol. The highest BCUT2D eigenvalue weighted by Crippen LogP contribution is 2.35. The number of hydrogen-bond donors (Lipinski definition) is 1. The molecule has 6 heteroatoms. The molecule has 0 radical (unpaired) electrons. The number of rotatable bonds is 5. The molecule has 0 aromatic heterocycles. The number of ether oxygens (including phenoxy) is 2. The van der Waals surface area contributed by atoms with E-state index in [-0.39, 0.29) is 0 Å². The summed E-state index contributed by atoms with van der Waals surface area (Å²) in [5.41, 5.74) is 0.365. The van der Waals surface area contributed by atoms with Crippen LogP contribution in [0.4, 0.5) is 4.39 Å². The molecule has 0 bridgehead atoms. The van der Waals surface area contributed by atoms with Crippen LogP contribution in [0.5, 0.6) is 17.2 Å². The van der Waals surface area contributed by atoms with Crippen molar-refractivity contribution in [1.82, 2.24) is 5.32 Å². The molecule has 1 N–H and O–H groups in total. The molecule has 2 aromatic rings. The molecule has 2 aromatic carbocycles. The third kappa shape index (κ3) is 3.79. The molecule has 0 aliphatic carbocycles. The summed E-state index contributed by atoms with van der Waals surface area (Å²) >= 11 is 11.8. The molecule has 0 saturated carbocycles. The Bertz CT molecular complexity index is 637. The first-order valence-electron chi connectivity index (χ1n) is 6.17. The van der Waals surface area contributed by atoms with Crippen molar-refractivity contribution in [2.75, 3.05) is 14.2 Å². The second-order valence-corrected chi connectivity index (χ2v) is 5.05. The van der Waals surface area contributed by atoms with Gasteiger partial charge in [0.2, 0.25) is 0 Å². The van der Waals surface area contributed by atoms with Crippen molar-refractivity contribution in [1.29, 1.82) is 0 Å². The lowest BCUT2D eigenvalue weighted by Gasteiger charge is -2.15. The van der Waals surface area contributed by atoms with Gasteiger partial charge in [0.05, 0.1) is 17.2 Å². The molecule has 2 rings (SSSR count). The van der Waals surface area contributed by atoms with Gasteiger partial charge in [-0.25, -0.2) is 4.39 Å². The standard InChI is InChI=1S/C15H14Cl2FNO2/c1-19-15(18)11-5-3-9(20-2)8-14(11)21-10-4-6-12(16)13(17)7-10/h3-8,15,19H,1-2H3. The van der Waals surface area contributed by atoms with Gasteiger partial charge >= 0.3 is 0 Å². The van der Waals surface area contributed by atoms with Crippen LogP contribution >= 0.6 is 23.2 Å². The van der Waals surface area contributed by atoms with E-state index in [0.29, 0.717) is 32.9 Å². The molecular formula is C15H14Cl2FNO2. The second kappa shape index (κ2) is 6.98. The summed E-state index contributed by atoms with van der Waals surface area (Å²) in [5, 5.41) is 3.32. The van der Waals surface area contributed by atoms with Crippen LogP contribution in [0.2, 0.25) is 10.0 Å². The van der Waals surface area contributed by atoms with E-state index >= 15 is 0 Å². The summed E-state index contributed by atoms with van der Waals surface area (Å²) in [7, 11) is 3.06. The SMILES string of the molecule is CNC(F)c1ccc(OC)cc1Oc1ccc(Cl)c(Cl)c1. The maximum Gasteiger partial charge on any atom is 0.180 e. The fraction of sp³-hybridized carbons (Fsp3) is 0.200. The smallest absolute Gasteiger partial charge is 0.180 e. The topological polar surface area (TPSA) is 30.5 Å². The van der Waals surface area contributed by atoms with Crippen LogP contribution in [0.1, 0.15) is 11.9 Å². The molecule has 0 heterocycles. The summed E-state index contributed by atoms with van der Waals surface area (Å²) in [6, 6.07) is 9.73. The van der Waals surface area contributed by atoms with Crippen LogP contribution < -0.4 is 14.8 Å². The Kier molecular flexibility index (Phi) is 5.28. The lowest BCUT2D eigenvalue weighted by molar-refractivity contribution is 0.290. The van der Waals surface area contributed by atoms with Gasteiger partial charge in [0.1, 0.15) is 17.2 Å². The van der Waals surface area contributed by atoms with Crippen LogP contribution in [-0.2, 0) is 0 Å². The normalized spacial score (nSPS) is 12.0. The molecule has 21 heavy (non-hydrogen) atoms. The van der Waals surface area contributed by atoms with E-state index in [2.05, 4.69) is 5.32 Å². The largest absolute Gasteiger partial charge is 0.497 e. The molecule has 3 nitrogen and oxygen atoms in total. The first kappa shape index (κ1) is 15.9. The van der Waals surface area contributed by atoms with Crippen molar-refractivity contribution in [3.63, 3.8) is 0 Å². The van der Waals surface area contributed by atoms with Crippen molar-refractivity contribution >= 4 is 23.2 Å². The number of alkyl halides is 1. The monoisotopic (exact) mass is 329 g/mol. The highest BCUT2D eigenvalue weighted by Gasteiger charge is 2.15. The third-order valence-electron chi connectivity index (χ3n) is 2.87. The van der Waals surface area contributed by atoms with E-state index in [1.54, 1.807) is 36.4 Å².